The molecule has 0 spiro atoms. The van der Waals surface area contributed by atoms with Crippen LogP contribution in [-0.2, 0) is 49.9 Å². The average molecular weight is 1140 g/mol. The Morgan fingerprint density at radius 1 is 0.912 bits per heavy atom. The molecule has 0 saturated carbocycles. The van der Waals surface area contributed by atoms with E-state index in [0.29, 0.717) is 30.0 Å². The smallest absolute Gasteiger partial charge is 0.293 e. The van der Waals surface area contributed by atoms with Gasteiger partial charge in [0.05, 0.1) is 88.7 Å². The first kappa shape index (κ1) is 58.8. The Bertz CT molecular complexity index is 3300. The Morgan fingerprint density at radius 3 is 2.36 bits per heavy atom. The van der Waals surface area contributed by atoms with Crippen molar-refractivity contribution in [2.24, 2.45) is 5.41 Å². The number of aromatic nitrogens is 3. The van der Waals surface area contributed by atoms with Gasteiger partial charge in [0.25, 0.3) is 15.7 Å². The molecule has 2 aliphatic heterocycles. The Morgan fingerprint density at radius 2 is 1.64 bits per heavy atom. The molecule has 6 N–H and O–H groups in total. The van der Waals surface area contributed by atoms with Crippen LogP contribution in [0, 0.1) is 29.4 Å². The van der Waals surface area contributed by atoms with Gasteiger partial charge < -0.3 is 54.8 Å². The van der Waals surface area contributed by atoms with E-state index in [4.69, 9.17) is 18.9 Å². The van der Waals surface area contributed by atoms with Crippen LogP contribution in [0.1, 0.15) is 66.8 Å². The molecule has 2 aliphatic rings. The number of aryl methyl sites for hydroxylation is 2. The van der Waals surface area contributed by atoms with Crippen LogP contribution < -0.4 is 25.6 Å². The normalized spacial score (nSPS) is 15.6. The number of nitro benzene ring substituents is 1. The number of rotatable bonds is 27. The number of aliphatic hydroxyl groups excluding tert-OH is 1. The lowest BCUT2D eigenvalue weighted by molar-refractivity contribution is -0.384. The van der Waals surface area contributed by atoms with Crippen molar-refractivity contribution in [1.82, 2.24) is 30.5 Å². The van der Waals surface area contributed by atoms with Gasteiger partial charge in [0.2, 0.25) is 17.7 Å². The fourth-order valence-corrected chi connectivity index (χ4v) is 11.2. The summed E-state index contributed by atoms with van der Waals surface area (Å²) in [6.45, 7) is 8.98. The van der Waals surface area contributed by atoms with Gasteiger partial charge in [-0.15, -0.1) is 11.3 Å². The van der Waals surface area contributed by atoms with Gasteiger partial charge in [0, 0.05) is 62.1 Å². The van der Waals surface area contributed by atoms with E-state index >= 15 is 0 Å². The Hall–Kier alpha value is -7.39. The number of carbonyl (C=O) groups excluding carboxylic acids is 4. The van der Waals surface area contributed by atoms with E-state index in [0.717, 1.165) is 38.7 Å². The highest BCUT2D eigenvalue weighted by atomic mass is 32.2. The van der Waals surface area contributed by atoms with Gasteiger partial charge in [-0.25, -0.2) is 18.4 Å². The van der Waals surface area contributed by atoms with Gasteiger partial charge in [0.1, 0.15) is 36.4 Å². The van der Waals surface area contributed by atoms with E-state index in [1.165, 1.54) is 17.0 Å². The molecule has 3 aromatic heterocycles. The number of hydrogen-bond donors (Lipinski definition) is 6. The number of ketones is 1. The van der Waals surface area contributed by atoms with Crippen LogP contribution in [0.3, 0.4) is 0 Å². The van der Waals surface area contributed by atoms with Crippen molar-refractivity contribution in [1.29, 1.82) is 0 Å². The van der Waals surface area contributed by atoms with Gasteiger partial charge in [-0.2, -0.15) is 0 Å². The first-order valence-electron chi connectivity index (χ1n) is 26.2. The number of pyridine rings is 1. The van der Waals surface area contributed by atoms with Crippen molar-refractivity contribution < 1.29 is 56.6 Å². The molecule has 3 amide bonds. The Labute approximate surface area is 466 Å². The maximum absolute atomic E-state index is 13.9. The number of carbonyl (C=O) groups is 4. The van der Waals surface area contributed by atoms with Crippen LogP contribution in [0.25, 0.3) is 21.5 Å². The second-order valence-electron chi connectivity index (χ2n) is 20.0. The molecule has 6 aromatic rings. The van der Waals surface area contributed by atoms with Crippen LogP contribution >= 0.6 is 11.3 Å². The quantitative estimate of drug-likeness (QED) is 0.0141. The number of thiazole rings is 1. The van der Waals surface area contributed by atoms with Crippen molar-refractivity contribution >= 4 is 84.3 Å². The van der Waals surface area contributed by atoms with E-state index < -0.39 is 38.2 Å². The molecule has 5 heterocycles. The minimum atomic E-state index is -4.36. The van der Waals surface area contributed by atoms with Crippen LogP contribution in [0.15, 0.2) is 89.4 Å². The maximum Gasteiger partial charge on any atom is 0.293 e. The predicted molar refractivity (Wildman–Crippen MR) is 300 cm³/mol. The van der Waals surface area contributed by atoms with Crippen LogP contribution in [0.4, 0.5) is 28.4 Å². The molecule has 23 nitrogen and oxygen atoms in total. The fourth-order valence-electron chi connectivity index (χ4n) is 9.33. The SMILES string of the molecule is Cc1ccc(NS(=O)(=O)c2ccc(NCOCCOCCOCCOCC(=O)NCCC(C)(C)C(=O)N3C[C@@H](O)C[C@@H]3C(=O)NCc3ccc(-c4scnc4C)cc3)c([N+](=O)[O-])c2)c(N2CCCC(=O)c3nc4[nH]ccc4cc32)c1. The van der Waals surface area contributed by atoms with E-state index in [9.17, 15) is 42.8 Å². The summed E-state index contributed by atoms with van der Waals surface area (Å²) in [6, 6.07) is 19.4. The number of nitro groups is 1. The maximum atomic E-state index is 13.9. The summed E-state index contributed by atoms with van der Waals surface area (Å²) in [5.41, 5.74) is 6.26. The highest BCUT2D eigenvalue weighted by Gasteiger charge is 2.43. The molecule has 426 valence electrons. The third kappa shape index (κ3) is 14.9. The molecule has 3 aromatic carbocycles. The number of aliphatic hydroxyl groups is 1. The summed E-state index contributed by atoms with van der Waals surface area (Å²) >= 11 is 1.56. The van der Waals surface area contributed by atoms with Gasteiger partial charge in [-0.3, -0.25) is 34.0 Å². The lowest BCUT2D eigenvalue weighted by atomic mass is 9.87. The Kier molecular flexibility index (Phi) is 19.6. The largest absolute Gasteiger partial charge is 0.391 e. The highest BCUT2D eigenvalue weighted by molar-refractivity contribution is 7.92. The number of hydrogen-bond acceptors (Lipinski definition) is 18. The minimum Gasteiger partial charge on any atom is -0.391 e. The standard InChI is InChI=1S/C55H66N10O13S2/c1-35-7-13-43(44(26-35)63-19-5-6-48(67)50-46(63)27-39-15-17-57-52(39)61-50)62-80(73,74)41-12-14-42(45(29-41)65(71)72)59-33-78-25-23-76-21-20-75-22-24-77-32-49(68)56-18-16-55(3,4)54(70)64-31-40(66)28-47(64)53(69)58-30-37-8-10-38(11-9-37)51-36(2)60-34-79-51/h7-15,17,26-27,29,34,40,47,59,62,66H,5-6,16,18-25,28,30-33H2,1-4H3,(H,56,68)(H,57,61)(H,58,69)/t40-,47+/m0/s1. The van der Waals surface area contributed by atoms with Gasteiger partial charge in [-0.1, -0.05) is 44.2 Å². The number of nitrogens with zero attached hydrogens (tertiary/aromatic N) is 5. The number of ether oxygens (including phenoxy) is 4. The summed E-state index contributed by atoms with van der Waals surface area (Å²) in [4.78, 5) is 80.1. The molecule has 25 heteroatoms. The topological polar surface area (TPSA) is 299 Å². The van der Waals surface area contributed by atoms with Crippen molar-refractivity contribution in [2.75, 3.05) is 87.6 Å². The number of amides is 3. The van der Waals surface area contributed by atoms with E-state index in [-0.39, 0.29) is 137 Å². The summed E-state index contributed by atoms with van der Waals surface area (Å²) in [6.07, 6.45) is 2.08. The molecule has 80 heavy (non-hydrogen) atoms. The van der Waals surface area contributed by atoms with Gasteiger partial charge in [-0.05, 0) is 79.8 Å². The number of H-pyrrole nitrogens is 1. The number of fused-ring (bicyclic) bond motifs is 2. The van der Waals surface area contributed by atoms with Gasteiger partial charge >= 0.3 is 0 Å². The second-order valence-corrected chi connectivity index (χ2v) is 22.6. The van der Waals surface area contributed by atoms with Crippen molar-refractivity contribution in [3.8, 4) is 10.4 Å². The predicted octanol–water partition coefficient (Wildman–Crippen LogP) is 6.37. The molecule has 0 unspecified atom stereocenters. The van der Waals surface area contributed by atoms with Crippen molar-refractivity contribution in [3.05, 3.63) is 117 Å². The zero-order chi connectivity index (χ0) is 57.0. The summed E-state index contributed by atoms with van der Waals surface area (Å²) in [5.74, 6) is -1.13. The number of anilines is 4. The van der Waals surface area contributed by atoms with E-state index in [1.807, 2.05) is 61.2 Å². The summed E-state index contributed by atoms with van der Waals surface area (Å²) in [5, 5.41) is 31.9. The lowest BCUT2D eigenvalue weighted by Crippen LogP contribution is -2.50. The monoisotopic (exact) mass is 1140 g/mol. The minimum absolute atomic E-state index is 0.0370. The third-order valence-electron chi connectivity index (χ3n) is 13.7. The molecule has 8 rings (SSSR count). The third-order valence-corrected chi connectivity index (χ3v) is 16.0. The molecule has 0 radical (unpaired) electrons. The number of nitrogens with one attached hydrogen (secondary N) is 5. The number of sulfonamides is 1. The van der Waals surface area contributed by atoms with Crippen LogP contribution in [0.2, 0.25) is 0 Å². The molecule has 1 saturated heterocycles. The lowest BCUT2D eigenvalue weighted by Gasteiger charge is -2.32. The number of aromatic amines is 1. The fraction of sp³-hybridized carbons (Fsp3) is 0.418. The van der Waals surface area contributed by atoms with Crippen LogP contribution in [-0.4, -0.2) is 147 Å². The van der Waals surface area contributed by atoms with Crippen LogP contribution in [0.5, 0.6) is 0 Å². The number of benzene rings is 3. The Balaban J connectivity index is 0.686. The van der Waals surface area contributed by atoms with Crippen molar-refractivity contribution in [3.63, 3.8) is 0 Å². The molecule has 0 bridgehead atoms. The molecule has 0 aliphatic carbocycles. The highest BCUT2D eigenvalue weighted by Crippen LogP contribution is 2.40. The second kappa shape index (κ2) is 26.7. The average Bonchev–Trinajstić information content (AvgIpc) is 4.17. The molecular weight excluding hydrogens is 1070 g/mol. The molecule has 2 atom stereocenters. The van der Waals surface area contributed by atoms with E-state index in [2.05, 4.69) is 35.6 Å². The summed E-state index contributed by atoms with van der Waals surface area (Å²) in [7, 11) is -4.36. The van der Waals surface area contributed by atoms with Gasteiger partial charge in [0.15, 0.2) is 5.78 Å². The zero-order valence-corrected chi connectivity index (χ0v) is 46.6. The molecular formula is C55H66N10O13S2. The zero-order valence-electron chi connectivity index (χ0n) is 45.0. The van der Waals surface area contributed by atoms with E-state index in [1.54, 1.807) is 49.0 Å². The van der Waals surface area contributed by atoms with Crippen molar-refractivity contribution in [2.45, 2.75) is 77.0 Å². The number of β-amino-alcohol motifs (C(OH)–C–C–N with tert-alkyl or cyclic N) is 1. The first-order valence-corrected chi connectivity index (χ1v) is 28.5. The number of likely N-dealkylation sites (tertiary alicyclic amines) is 1. The number of Topliss-reactive ketones (excluding diaryl/α,β-unsaturated/α-hetero) is 1. The molecule has 1 fully saturated rings. The first-order chi connectivity index (χ1) is 38.4. The summed E-state index contributed by atoms with van der Waals surface area (Å²) < 4.78 is 52.4.